The third kappa shape index (κ3) is 2.78. The molecule has 4 nitrogen and oxygen atoms in total. The lowest BCUT2D eigenvalue weighted by Gasteiger charge is -2.16. The second-order valence-electron chi connectivity index (χ2n) is 4.74. The van der Waals surface area contributed by atoms with E-state index in [0.717, 1.165) is 12.1 Å². The van der Waals surface area contributed by atoms with E-state index in [1.165, 1.54) is 16.8 Å². The van der Waals surface area contributed by atoms with Crippen molar-refractivity contribution >= 4 is 0 Å². The standard InChI is InChI=1S/C14H20N4/c1-10-5-4-6-12(7-10)14(16-15)9-13-8-11(2)17-18(13)3/h4-8,14,16H,9,15H2,1-3H3. The Balaban J connectivity index is 2.22. The molecule has 4 heteroatoms. The number of hydrazine groups is 1. The Morgan fingerprint density at radius 1 is 1.33 bits per heavy atom. The first-order chi connectivity index (χ1) is 8.60. The van der Waals surface area contributed by atoms with E-state index in [9.17, 15) is 0 Å². The summed E-state index contributed by atoms with van der Waals surface area (Å²) in [6.07, 6.45) is 0.831. The lowest BCUT2D eigenvalue weighted by atomic mass is 10.0. The maximum absolute atomic E-state index is 5.68. The molecule has 1 unspecified atom stereocenters. The average molecular weight is 244 g/mol. The van der Waals surface area contributed by atoms with E-state index < -0.39 is 0 Å². The first-order valence-electron chi connectivity index (χ1n) is 6.12. The van der Waals surface area contributed by atoms with Crippen LogP contribution < -0.4 is 11.3 Å². The molecule has 0 aliphatic rings. The predicted molar refractivity (Wildman–Crippen MR) is 72.9 cm³/mol. The van der Waals surface area contributed by atoms with Gasteiger partial charge in [-0.05, 0) is 25.5 Å². The lowest BCUT2D eigenvalue weighted by molar-refractivity contribution is 0.530. The molecule has 0 aliphatic carbocycles. The SMILES string of the molecule is Cc1cccc(C(Cc2cc(C)nn2C)NN)c1. The van der Waals surface area contributed by atoms with Crippen molar-refractivity contribution in [2.45, 2.75) is 26.3 Å². The van der Waals surface area contributed by atoms with Crippen molar-refractivity contribution in [2.24, 2.45) is 12.9 Å². The number of aromatic nitrogens is 2. The topological polar surface area (TPSA) is 55.9 Å². The number of nitrogens with two attached hydrogens (primary N) is 1. The van der Waals surface area contributed by atoms with Crippen LogP contribution in [-0.4, -0.2) is 9.78 Å². The highest BCUT2D eigenvalue weighted by atomic mass is 15.3. The Labute approximate surface area is 108 Å². The van der Waals surface area contributed by atoms with Crippen molar-refractivity contribution in [3.63, 3.8) is 0 Å². The molecule has 0 saturated carbocycles. The second kappa shape index (κ2) is 5.33. The van der Waals surface area contributed by atoms with E-state index in [4.69, 9.17) is 5.84 Å². The van der Waals surface area contributed by atoms with Crippen LogP contribution in [0.4, 0.5) is 0 Å². The molecule has 0 spiro atoms. The summed E-state index contributed by atoms with van der Waals surface area (Å²) in [7, 11) is 1.96. The molecule has 1 aromatic heterocycles. The molecule has 0 fully saturated rings. The molecule has 2 rings (SSSR count). The summed E-state index contributed by atoms with van der Waals surface area (Å²) in [6, 6.07) is 10.6. The zero-order valence-corrected chi connectivity index (χ0v) is 11.1. The highest BCUT2D eigenvalue weighted by molar-refractivity contribution is 5.26. The van der Waals surface area contributed by atoms with Gasteiger partial charge in [-0.25, -0.2) is 0 Å². The number of rotatable bonds is 4. The normalized spacial score (nSPS) is 12.7. The molecule has 0 amide bonds. The van der Waals surface area contributed by atoms with Gasteiger partial charge in [0, 0.05) is 19.2 Å². The first kappa shape index (κ1) is 12.8. The lowest BCUT2D eigenvalue weighted by Crippen LogP contribution is -2.30. The van der Waals surface area contributed by atoms with Gasteiger partial charge in [0.25, 0.3) is 0 Å². The van der Waals surface area contributed by atoms with Crippen LogP contribution in [0, 0.1) is 13.8 Å². The smallest absolute Gasteiger partial charge is 0.0596 e. The molecule has 1 aromatic carbocycles. The zero-order valence-electron chi connectivity index (χ0n) is 11.1. The molecular formula is C14H20N4. The molecule has 3 N–H and O–H groups in total. The van der Waals surface area contributed by atoms with E-state index in [2.05, 4.69) is 47.8 Å². The van der Waals surface area contributed by atoms with Gasteiger partial charge in [-0.2, -0.15) is 5.10 Å². The van der Waals surface area contributed by atoms with Crippen LogP contribution >= 0.6 is 0 Å². The third-order valence-corrected chi connectivity index (χ3v) is 3.16. The Morgan fingerprint density at radius 2 is 2.11 bits per heavy atom. The van der Waals surface area contributed by atoms with Gasteiger partial charge in [0.15, 0.2) is 0 Å². The number of nitrogens with zero attached hydrogens (tertiary/aromatic N) is 2. The van der Waals surface area contributed by atoms with Gasteiger partial charge in [0.05, 0.1) is 11.7 Å². The molecule has 0 radical (unpaired) electrons. The Hall–Kier alpha value is -1.65. The fourth-order valence-corrected chi connectivity index (χ4v) is 2.22. The molecule has 96 valence electrons. The quantitative estimate of drug-likeness (QED) is 0.637. The first-order valence-corrected chi connectivity index (χ1v) is 6.12. The molecule has 1 heterocycles. The largest absolute Gasteiger partial charge is 0.272 e. The van der Waals surface area contributed by atoms with Gasteiger partial charge in [0.1, 0.15) is 0 Å². The highest BCUT2D eigenvalue weighted by Gasteiger charge is 2.13. The molecule has 18 heavy (non-hydrogen) atoms. The number of aryl methyl sites for hydroxylation is 3. The van der Waals surface area contributed by atoms with Gasteiger partial charge in [0.2, 0.25) is 0 Å². The second-order valence-corrected chi connectivity index (χ2v) is 4.74. The summed E-state index contributed by atoms with van der Waals surface area (Å²) < 4.78 is 1.91. The van der Waals surface area contributed by atoms with Crippen LogP contribution in [0.2, 0.25) is 0 Å². The summed E-state index contributed by atoms with van der Waals surface area (Å²) in [5, 5.41) is 4.36. The Morgan fingerprint density at radius 3 is 2.67 bits per heavy atom. The summed E-state index contributed by atoms with van der Waals surface area (Å²) in [5.74, 6) is 5.68. The van der Waals surface area contributed by atoms with Gasteiger partial charge < -0.3 is 0 Å². The van der Waals surface area contributed by atoms with Crippen molar-refractivity contribution in [1.29, 1.82) is 0 Å². The fraction of sp³-hybridized carbons (Fsp3) is 0.357. The van der Waals surface area contributed by atoms with Crippen LogP contribution in [0.1, 0.15) is 28.6 Å². The molecular weight excluding hydrogens is 224 g/mol. The summed E-state index contributed by atoms with van der Waals surface area (Å²) in [5.41, 5.74) is 7.55. The maximum Gasteiger partial charge on any atom is 0.0596 e. The molecule has 0 aliphatic heterocycles. The van der Waals surface area contributed by atoms with Crippen molar-refractivity contribution in [1.82, 2.24) is 15.2 Å². The zero-order chi connectivity index (χ0) is 13.1. The number of nitrogens with one attached hydrogen (secondary N) is 1. The molecule has 0 bridgehead atoms. The molecule has 1 atom stereocenters. The average Bonchev–Trinajstić information content (AvgIpc) is 2.64. The van der Waals surface area contributed by atoms with Crippen LogP contribution in [0.25, 0.3) is 0 Å². The van der Waals surface area contributed by atoms with Crippen molar-refractivity contribution in [3.05, 3.63) is 52.8 Å². The van der Waals surface area contributed by atoms with Crippen LogP contribution in [0.5, 0.6) is 0 Å². The van der Waals surface area contributed by atoms with Gasteiger partial charge >= 0.3 is 0 Å². The Bertz CT molecular complexity index is 530. The van der Waals surface area contributed by atoms with Gasteiger partial charge in [-0.1, -0.05) is 29.8 Å². The van der Waals surface area contributed by atoms with Crippen molar-refractivity contribution in [3.8, 4) is 0 Å². The van der Waals surface area contributed by atoms with E-state index >= 15 is 0 Å². The van der Waals surface area contributed by atoms with Crippen molar-refractivity contribution < 1.29 is 0 Å². The fourth-order valence-electron chi connectivity index (χ4n) is 2.22. The summed E-state index contributed by atoms with van der Waals surface area (Å²) >= 11 is 0. The monoisotopic (exact) mass is 244 g/mol. The predicted octanol–water partition coefficient (Wildman–Crippen LogP) is 1.78. The minimum absolute atomic E-state index is 0.111. The van der Waals surface area contributed by atoms with E-state index in [-0.39, 0.29) is 6.04 Å². The van der Waals surface area contributed by atoms with Crippen molar-refractivity contribution in [2.75, 3.05) is 0 Å². The maximum atomic E-state index is 5.68. The number of hydrogen-bond donors (Lipinski definition) is 2. The minimum atomic E-state index is 0.111. The van der Waals surface area contributed by atoms with Gasteiger partial charge in [-0.3, -0.25) is 16.0 Å². The number of benzene rings is 1. The summed E-state index contributed by atoms with van der Waals surface area (Å²) in [6.45, 7) is 4.09. The van der Waals surface area contributed by atoms with E-state index in [0.29, 0.717) is 0 Å². The molecule has 2 aromatic rings. The van der Waals surface area contributed by atoms with Crippen LogP contribution in [-0.2, 0) is 13.5 Å². The van der Waals surface area contributed by atoms with Crippen LogP contribution in [0.15, 0.2) is 30.3 Å². The Kier molecular flexibility index (Phi) is 3.79. The van der Waals surface area contributed by atoms with E-state index in [1.54, 1.807) is 0 Å². The highest BCUT2D eigenvalue weighted by Crippen LogP contribution is 2.19. The summed E-state index contributed by atoms with van der Waals surface area (Å²) in [4.78, 5) is 0. The number of hydrogen-bond acceptors (Lipinski definition) is 3. The third-order valence-electron chi connectivity index (χ3n) is 3.16. The van der Waals surface area contributed by atoms with Crippen LogP contribution in [0.3, 0.4) is 0 Å². The van der Waals surface area contributed by atoms with Gasteiger partial charge in [-0.15, -0.1) is 0 Å². The molecule has 0 saturated heterocycles. The van der Waals surface area contributed by atoms with E-state index in [1.807, 2.05) is 18.7 Å². The minimum Gasteiger partial charge on any atom is -0.272 e.